The summed E-state index contributed by atoms with van der Waals surface area (Å²) in [6.07, 6.45) is 0. The fourth-order valence-corrected chi connectivity index (χ4v) is 11.8. The predicted octanol–water partition coefficient (Wildman–Crippen LogP) is 17.1. The Hall–Kier alpha value is -7.28. The van der Waals surface area contributed by atoms with Gasteiger partial charge in [-0.15, -0.1) is 0 Å². The molecular formula is C62H44. The van der Waals surface area contributed by atoms with Crippen molar-refractivity contribution in [2.24, 2.45) is 0 Å². The first-order valence-electron chi connectivity index (χ1n) is 22.1. The zero-order chi connectivity index (χ0) is 41.5. The average molecular weight is 789 g/mol. The molecular weight excluding hydrogens is 745 g/mol. The molecule has 0 unspecified atom stereocenters. The third kappa shape index (κ3) is 4.78. The maximum Gasteiger partial charge on any atom is 0.0159 e. The van der Waals surface area contributed by atoms with Crippen LogP contribution in [0.15, 0.2) is 194 Å². The molecule has 0 atom stereocenters. The van der Waals surface area contributed by atoms with Crippen LogP contribution in [0.5, 0.6) is 0 Å². The lowest BCUT2D eigenvalue weighted by Crippen LogP contribution is -2.14. The second kappa shape index (κ2) is 12.6. The SMILES string of the molecule is CC1(C)c2ccccc2-c2cc(-c3c4ccccc4c(-c4ccc5c6ccccc6c6ccccc6c5c4)c4ccc(-c5ccc6c(c5)C(C)(C)c5ccccc5-6)cc34)ccc21. The lowest BCUT2D eigenvalue weighted by Gasteiger charge is -2.23. The molecule has 0 fully saturated rings. The van der Waals surface area contributed by atoms with E-state index >= 15 is 0 Å². The molecule has 0 nitrogen and oxygen atoms in total. The predicted molar refractivity (Wildman–Crippen MR) is 265 cm³/mol. The molecule has 0 saturated heterocycles. The Balaban J connectivity index is 1.11. The molecule has 0 aliphatic heterocycles. The summed E-state index contributed by atoms with van der Waals surface area (Å²) in [4.78, 5) is 0. The van der Waals surface area contributed by atoms with Crippen molar-refractivity contribution in [3.8, 4) is 55.6 Å². The first-order valence-corrected chi connectivity index (χ1v) is 22.1. The van der Waals surface area contributed by atoms with Gasteiger partial charge in [0.2, 0.25) is 0 Å². The minimum Gasteiger partial charge on any atom is -0.0619 e. The minimum absolute atomic E-state index is 0.0573. The molecule has 292 valence electrons. The van der Waals surface area contributed by atoms with Crippen LogP contribution < -0.4 is 0 Å². The maximum absolute atomic E-state index is 2.49. The zero-order valence-corrected chi connectivity index (χ0v) is 35.5. The molecule has 2 aliphatic rings. The summed E-state index contributed by atoms with van der Waals surface area (Å²) in [5.41, 5.74) is 18.4. The van der Waals surface area contributed by atoms with E-state index in [2.05, 4.69) is 222 Å². The first kappa shape index (κ1) is 35.5. The third-order valence-corrected chi connectivity index (χ3v) is 14.8. The van der Waals surface area contributed by atoms with Crippen LogP contribution in [0.2, 0.25) is 0 Å². The third-order valence-electron chi connectivity index (χ3n) is 14.8. The summed E-state index contributed by atoms with van der Waals surface area (Å²) < 4.78 is 0. The Kier molecular flexibility index (Phi) is 7.23. The lowest BCUT2D eigenvalue weighted by molar-refractivity contribution is 0.660. The van der Waals surface area contributed by atoms with Crippen LogP contribution in [-0.4, -0.2) is 0 Å². The maximum atomic E-state index is 2.49. The monoisotopic (exact) mass is 788 g/mol. The molecule has 62 heavy (non-hydrogen) atoms. The van der Waals surface area contributed by atoms with E-state index in [1.807, 2.05) is 0 Å². The van der Waals surface area contributed by atoms with Crippen molar-refractivity contribution < 1.29 is 0 Å². The summed E-state index contributed by atoms with van der Waals surface area (Å²) in [5, 5.41) is 12.8. The Bertz CT molecular complexity index is 3710. The summed E-state index contributed by atoms with van der Waals surface area (Å²) in [7, 11) is 0. The van der Waals surface area contributed by atoms with Gasteiger partial charge < -0.3 is 0 Å². The van der Waals surface area contributed by atoms with Crippen molar-refractivity contribution in [3.05, 3.63) is 216 Å². The number of hydrogen-bond donors (Lipinski definition) is 0. The van der Waals surface area contributed by atoms with Gasteiger partial charge in [-0.05, 0) is 156 Å². The Morgan fingerprint density at radius 1 is 0.226 bits per heavy atom. The molecule has 0 heteroatoms. The average Bonchev–Trinajstić information content (AvgIpc) is 3.69. The van der Waals surface area contributed by atoms with Gasteiger partial charge in [0.25, 0.3) is 0 Å². The highest BCUT2D eigenvalue weighted by atomic mass is 14.4. The molecule has 0 aromatic heterocycles. The fraction of sp³-hybridized carbons (Fsp3) is 0.0968. The van der Waals surface area contributed by atoms with Crippen LogP contribution in [0.3, 0.4) is 0 Å². The van der Waals surface area contributed by atoms with Crippen LogP contribution in [0.1, 0.15) is 49.9 Å². The van der Waals surface area contributed by atoms with Crippen molar-refractivity contribution in [2.45, 2.75) is 38.5 Å². The Morgan fingerprint density at radius 2 is 0.597 bits per heavy atom. The van der Waals surface area contributed by atoms with Gasteiger partial charge in [0.15, 0.2) is 0 Å². The molecule has 11 aromatic carbocycles. The van der Waals surface area contributed by atoms with E-state index in [4.69, 9.17) is 0 Å². The lowest BCUT2D eigenvalue weighted by atomic mass is 9.80. The van der Waals surface area contributed by atoms with E-state index in [1.165, 1.54) is 132 Å². The molecule has 11 aromatic rings. The van der Waals surface area contributed by atoms with Crippen molar-refractivity contribution in [1.29, 1.82) is 0 Å². The number of hydrogen-bond acceptors (Lipinski definition) is 0. The fourth-order valence-electron chi connectivity index (χ4n) is 11.8. The largest absolute Gasteiger partial charge is 0.0619 e. The first-order chi connectivity index (χ1) is 30.3. The summed E-state index contributed by atoms with van der Waals surface area (Å²) in [6, 6.07) is 73.8. The molecule has 13 rings (SSSR count). The van der Waals surface area contributed by atoms with Crippen LogP contribution >= 0.6 is 0 Å². The number of rotatable bonds is 3. The van der Waals surface area contributed by atoms with Crippen LogP contribution in [-0.2, 0) is 10.8 Å². The van der Waals surface area contributed by atoms with Gasteiger partial charge in [-0.25, -0.2) is 0 Å². The highest BCUT2D eigenvalue weighted by molar-refractivity contribution is 6.27. The van der Waals surface area contributed by atoms with Gasteiger partial charge in [0, 0.05) is 10.8 Å². The van der Waals surface area contributed by atoms with E-state index in [-0.39, 0.29) is 10.8 Å². The summed E-state index contributed by atoms with van der Waals surface area (Å²) in [6.45, 7) is 9.49. The van der Waals surface area contributed by atoms with Gasteiger partial charge in [0.1, 0.15) is 0 Å². The van der Waals surface area contributed by atoms with E-state index in [0.29, 0.717) is 0 Å². The van der Waals surface area contributed by atoms with Gasteiger partial charge in [-0.2, -0.15) is 0 Å². The summed E-state index contributed by atoms with van der Waals surface area (Å²) in [5.74, 6) is 0. The second-order valence-electron chi connectivity index (χ2n) is 18.8. The van der Waals surface area contributed by atoms with E-state index < -0.39 is 0 Å². The molecule has 0 spiro atoms. The minimum atomic E-state index is -0.0760. The highest BCUT2D eigenvalue weighted by Gasteiger charge is 2.37. The van der Waals surface area contributed by atoms with Crippen molar-refractivity contribution in [2.75, 3.05) is 0 Å². The molecule has 0 amide bonds. The quantitative estimate of drug-likeness (QED) is 0.124. The summed E-state index contributed by atoms with van der Waals surface area (Å²) >= 11 is 0. The Labute approximate surface area is 362 Å². The van der Waals surface area contributed by atoms with E-state index in [0.717, 1.165) is 0 Å². The van der Waals surface area contributed by atoms with E-state index in [9.17, 15) is 0 Å². The molecule has 0 heterocycles. The van der Waals surface area contributed by atoms with Gasteiger partial charge in [0.05, 0.1) is 0 Å². The molecule has 0 saturated carbocycles. The van der Waals surface area contributed by atoms with Crippen LogP contribution in [0.4, 0.5) is 0 Å². The van der Waals surface area contributed by atoms with Crippen LogP contribution in [0, 0.1) is 0 Å². The number of fused-ring (bicyclic) bond motifs is 14. The van der Waals surface area contributed by atoms with Gasteiger partial charge in [-0.1, -0.05) is 198 Å². The van der Waals surface area contributed by atoms with Crippen molar-refractivity contribution in [1.82, 2.24) is 0 Å². The standard InChI is InChI=1S/C62H44/c1-61(2)56-24-14-12-20-47(56)53-35-40(28-32-57(53)61)60-50-22-10-9-21-49(50)59(39-27-29-45-43-17-6-5-15-41(43)42-16-7-8-18-44(42)52(45)34-39)51-31-26-37(33-54(51)60)38-25-30-48-46-19-11-13-23-55(46)62(3,4)58(48)36-38/h5-36H,1-4H3. The molecule has 2 aliphatic carbocycles. The van der Waals surface area contributed by atoms with Gasteiger partial charge in [-0.3, -0.25) is 0 Å². The molecule has 0 bridgehead atoms. The smallest absolute Gasteiger partial charge is 0.0159 e. The molecule has 0 radical (unpaired) electrons. The number of benzene rings is 11. The highest BCUT2D eigenvalue weighted by Crippen LogP contribution is 2.53. The van der Waals surface area contributed by atoms with Gasteiger partial charge >= 0.3 is 0 Å². The Morgan fingerprint density at radius 3 is 1.26 bits per heavy atom. The van der Waals surface area contributed by atoms with Crippen molar-refractivity contribution in [3.63, 3.8) is 0 Å². The second-order valence-corrected chi connectivity index (χ2v) is 18.8. The normalized spacial score (nSPS) is 14.4. The van der Waals surface area contributed by atoms with Crippen LogP contribution in [0.25, 0.3) is 109 Å². The topological polar surface area (TPSA) is 0 Å². The molecule has 0 N–H and O–H groups in total. The van der Waals surface area contributed by atoms with Crippen molar-refractivity contribution >= 4 is 53.9 Å². The zero-order valence-electron chi connectivity index (χ0n) is 35.5. The van der Waals surface area contributed by atoms with E-state index in [1.54, 1.807) is 0 Å².